The molecule has 0 bridgehead atoms. The van der Waals surface area contributed by atoms with Crippen LogP contribution in [0.1, 0.15) is 70.6 Å². The molecule has 1 aliphatic rings. The summed E-state index contributed by atoms with van der Waals surface area (Å²) in [7, 11) is 0. The predicted octanol–water partition coefficient (Wildman–Crippen LogP) is 3.96. The highest BCUT2D eigenvalue weighted by atomic mass is 16.3. The van der Waals surface area contributed by atoms with Gasteiger partial charge in [-0.3, -0.25) is 0 Å². The summed E-state index contributed by atoms with van der Waals surface area (Å²) in [4.78, 5) is 0. The van der Waals surface area contributed by atoms with Crippen molar-refractivity contribution < 1.29 is 10.2 Å². The fourth-order valence-electron chi connectivity index (χ4n) is 3.01. The molecule has 1 aromatic rings. The quantitative estimate of drug-likeness (QED) is 0.858. The molecule has 2 rings (SSSR count). The maximum absolute atomic E-state index is 10.7. The van der Waals surface area contributed by atoms with E-state index >= 15 is 0 Å². The third-order valence-corrected chi connectivity index (χ3v) is 4.74. The lowest BCUT2D eigenvalue weighted by atomic mass is 9.74. The summed E-state index contributed by atoms with van der Waals surface area (Å²) in [6, 6.07) is 8.04. The zero-order chi connectivity index (χ0) is 15.0. The van der Waals surface area contributed by atoms with Crippen molar-refractivity contribution in [3.8, 4) is 0 Å². The lowest BCUT2D eigenvalue weighted by Gasteiger charge is -2.38. The van der Waals surface area contributed by atoms with Crippen LogP contribution in [0.2, 0.25) is 0 Å². The van der Waals surface area contributed by atoms with Gasteiger partial charge in [-0.2, -0.15) is 0 Å². The van der Waals surface area contributed by atoms with Gasteiger partial charge < -0.3 is 10.2 Å². The molecule has 0 radical (unpaired) electrons. The van der Waals surface area contributed by atoms with Crippen LogP contribution in [-0.2, 0) is 5.41 Å². The van der Waals surface area contributed by atoms with E-state index in [1.807, 2.05) is 12.1 Å². The maximum Gasteiger partial charge on any atom is 0.108 e. The van der Waals surface area contributed by atoms with Crippen molar-refractivity contribution in [2.24, 2.45) is 5.92 Å². The number of aliphatic hydroxyl groups is 2. The van der Waals surface area contributed by atoms with Gasteiger partial charge in [0.1, 0.15) is 6.10 Å². The molecule has 0 aromatic heterocycles. The summed E-state index contributed by atoms with van der Waals surface area (Å²) in [5.41, 5.74) is 1.24. The minimum atomic E-state index is -0.949. The van der Waals surface area contributed by atoms with E-state index < -0.39 is 11.7 Å². The van der Waals surface area contributed by atoms with E-state index in [2.05, 4.69) is 39.8 Å². The van der Waals surface area contributed by atoms with Crippen LogP contribution in [0.3, 0.4) is 0 Å². The van der Waals surface area contributed by atoms with E-state index in [9.17, 15) is 10.2 Å². The van der Waals surface area contributed by atoms with E-state index in [1.54, 1.807) is 0 Å². The van der Waals surface area contributed by atoms with Crippen LogP contribution < -0.4 is 0 Å². The molecule has 2 heteroatoms. The number of hydrogen-bond donors (Lipinski definition) is 2. The smallest absolute Gasteiger partial charge is 0.108 e. The molecular formula is C18H28O2. The van der Waals surface area contributed by atoms with E-state index in [1.165, 1.54) is 5.56 Å². The molecule has 1 aromatic carbocycles. The Kier molecular flexibility index (Phi) is 4.27. The molecule has 2 nitrogen and oxygen atoms in total. The van der Waals surface area contributed by atoms with Gasteiger partial charge >= 0.3 is 0 Å². The SMILES string of the molecule is CC1CCC(O)(C(O)c2ccc(C(C)(C)C)cc2)CC1. The van der Waals surface area contributed by atoms with Gasteiger partial charge in [0.15, 0.2) is 0 Å². The van der Waals surface area contributed by atoms with Crippen LogP contribution in [0, 0.1) is 5.92 Å². The summed E-state index contributed by atoms with van der Waals surface area (Å²) < 4.78 is 0. The standard InChI is InChI=1S/C18H28O2/c1-13-9-11-18(20,12-10-13)16(19)14-5-7-15(8-6-14)17(2,3)4/h5-8,13,16,19-20H,9-12H2,1-4H3. The third kappa shape index (κ3) is 3.24. The Hall–Kier alpha value is -0.860. The van der Waals surface area contributed by atoms with E-state index in [4.69, 9.17) is 0 Å². The second kappa shape index (κ2) is 5.50. The molecule has 0 aliphatic heterocycles. The highest BCUT2D eigenvalue weighted by Crippen LogP contribution is 2.40. The average molecular weight is 276 g/mol. The minimum Gasteiger partial charge on any atom is -0.387 e. The second-order valence-electron chi connectivity index (χ2n) is 7.56. The van der Waals surface area contributed by atoms with Crippen LogP contribution in [0.5, 0.6) is 0 Å². The molecule has 112 valence electrons. The topological polar surface area (TPSA) is 40.5 Å². The van der Waals surface area contributed by atoms with Crippen LogP contribution >= 0.6 is 0 Å². The van der Waals surface area contributed by atoms with Crippen LogP contribution in [0.25, 0.3) is 0 Å². The van der Waals surface area contributed by atoms with E-state index in [0.29, 0.717) is 18.8 Å². The van der Waals surface area contributed by atoms with Crippen molar-refractivity contribution in [2.45, 2.75) is 70.5 Å². The monoisotopic (exact) mass is 276 g/mol. The Morgan fingerprint density at radius 2 is 1.60 bits per heavy atom. The molecule has 1 saturated carbocycles. The van der Waals surface area contributed by atoms with Crippen molar-refractivity contribution in [3.63, 3.8) is 0 Å². The molecule has 1 fully saturated rings. The van der Waals surface area contributed by atoms with Gasteiger partial charge in [-0.15, -0.1) is 0 Å². The summed E-state index contributed by atoms with van der Waals surface area (Å²) >= 11 is 0. The molecule has 0 amide bonds. The Morgan fingerprint density at radius 1 is 1.10 bits per heavy atom. The highest BCUT2D eigenvalue weighted by Gasteiger charge is 2.39. The molecule has 2 N–H and O–H groups in total. The van der Waals surface area contributed by atoms with E-state index in [-0.39, 0.29) is 5.41 Å². The summed E-state index contributed by atoms with van der Waals surface area (Å²) in [6.07, 6.45) is 2.59. The number of hydrogen-bond acceptors (Lipinski definition) is 2. The summed E-state index contributed by atoms with van der Waals surface area (Å²) in [5, 5.41) is 21.2. The lowest BCUT2D eigenvalue weighted by Crippen LogP contribution is -2.39. The van der Waals surface area contributed by atoms with Crippen LogP contribution in [0.4, 0.5) is 0 Å². The first-order valence-corrected chi connectivity index (χ1v) is 7.73. The van der Waals surface area contributed by atoms with Gasteiger partial charge in [0.25, 0.3) is 0 Å². The number of aliphatic hydroxyl groups excluding tert-OH is 1. The normalized spacial score (nSPS) is 29.2. The highest BCUT2D eigenvalue weighted by molar-refractivity contribution is 5.30. The summed E-state index contributed by atoms with van der Waals surface area (Å²) in [5.74, 6) is 0.658. The van der Waals surface area contributed by atoms with Crippen molar-refractivity contribution in [3.05, 3.63) is 35.4 Å². The van der Waals surface area contributed by atoms with Gasteiger partial charge in [0.05, 0.1) is 5.60 Å². The summed E-state index contributed by atoms with van der Waals surface area (Å²) in [6.45, 7) is 8.74. The van der Waals surface area contributed by atoms with Gasteiger partial charge in [0, 0.05) is 0 Å². The fraction of sp³-hybridized carbons (Fsp3) is 0.667. The Labute approximate surface area is 122 Å². The Morgan fingerprint density at radius 3 is 2.05 bits per heavy atom. The minimum absolute atomic E-state index is 0.112. The third-order valence-electron chi connectivity index (χ3n) is 4.74. The molecule has 20 heavy (non-hydrogen) atoms. The maximum atomic E-state index is 10.7. The fourth-order valence-corrected chi connectivity index (χ4v) is 3.01. The van der Waals surface area contributed by atoms with Gasteiger partial charge in [-0.05, 0) is 48.1 Å². The van der Waals surface area contributed by atoms with Crippen molar-refractivity contribution in [1.82, 2.24) is 0 Å². The second-order valence-corrected chi connectivity index (χ2v) is 7.56. The van der Waals surface area contributed by atoms with Crippen molar-refractivity contribution in [1.29, 1.82) is 0 Å². The zero-order valence-corrected chi connectivity index (χ0v) is 13.2. The Bertz CT molecular complexity index is 433. The molecule has 1 unspecified atom stereocenters. The predicted molar refractivity (Wildman–Crippen MR) is 82.7 cm³/mol. The van der Waals surface area contributed by atoms with Gasteiger partial charge in [0.2, 0.25) is 0 Å². The first-order chi connectivity index (χ1) is 9.22. The van der Waals surface area contributed by atoms with Gasteiger partial charge in [-0.1, -0.05) is 52.0 Å². The molecule has 0 heterocycles. The molecular weight excluding hydrogens is 248 g/mol. The van der Waals surface area contributed by atoms with E-state index in [0.717, 1.165) is 18.4 Å². The molecule has 0 spiro atoms. The Balaban J connectivity index is 2.15. The van der Waals surface area contributed by atoms with Crippen molar-refractivity contribution in [2.75, 3.05) is 0 Å². The lowest BCUT2D eigenvalue weighted by molar-refractivity contribution is -0.105. The van der Waals surface area contributed by atoms with Crippen LogP contribution in [-0.4, -0.2) is 15.8 Å². The van der Waals surface area contributed by atoms with Crippen molar-refractivity contribution >= 4 is 0 Å². The first-order valence-electron chi connectivity index (χ1n) is 7.73. The molecule has 1 atom stereocenters. The zero-order valence-electron chi connectivity index (χ0n) is 13.2. The average Bonchev–Trinajstić information content (AvgIpc) is 2.41. The number of benzene rings is 1. The molecule has 0 saturated heterocycles. The number of rotatable bonds is 2. The van der Waals surface area contributed by atoms with Gasteiger partial charge in [-0.25, -0.2) is 0 Å². The van der Waals surface area contributed by atoms with Crippen LogP contribution in [0.15, 0.2) is 24.3 Å². The largest absolute Gasteiger partial charge is 0.387 e. The molecule has 1 aliphatic carbocycles. The first kappa shape index (κ1) is 15.5.